The van der Waals surface area contributed by atoms with Crippen molar-refractivity contribution in [2.24, 2.45) is 5.92 Å². The van der Waals surface area contributed by atoms with Crippen LogP contribution in [0.25, 0.3) is 10.4 Å². The number of fused-ring (bicyclic) bond motifs is 1. The summed E-state index contributed by atoms with van der Waals surface area (Å²) in [7, 11) is 0. The van der Waals surface area contributed by atoms with Crippen LogP contribution in [0, 0.1) is 35.0 Å². The molecule has 1 aliphatic rings. The van der Waals surface area contributed by atoms with E-state index in [-0.39, 0.29) is 17.7 Å². The molecule has 9 heteroatoms. The number of ether oxygens (including phenoxy) is 1. The zero-order valence-electron chi connectivity index (χ0n) is 16.8. The van der Waals surface area contributed by atoms with Gasteiger partial charge in [0.25, 0.3) is 0 Å². The number of thiophene rings is 1. The van der Waals surface area contributed by atoms with Gasteiger partial charge in [-0.1, -0.05) is 19.8 Å². The fourth-order valence-corrected chi connectivity index (χ4v) is 5.29. The molecule has 1 nitrogen and oxygen atoms in total. The third-order valence-corrected chi connectivity index (χ3v) is 6.65. The van der Waals surface area contributed by atoms with Crippen LogP contribution < -0.4 is 4.74 Å². The Balaban J connectivity index is 1.61. The molecule has 0 amide bonds. The summed E-state index contributed by atoms with van der Waals surface area (Å²) in [6.45, 7) is 2.10. The number of halogens is 7. The molecule has 0 radical (unpaired) electrons. The zero-order chi connectivity index (χ0) is 23.2. The molecule has 0 N–H and O–H groups in total. The average molecular weight is 474 g/mol. The van der Waals surface area contributed by atoms with E-state index in [1.54, 1.807) is 0 Å². The van der Waals surface area contributed by atoms with E-state index in [1.807, 2.05) is 6.07 Å². The smallest absolute Gasteiger partial charge is 0.429 e. The topological polar surface area (TPSA) is 9.23 Å². The van der Waals surface area contributed by atoms with Crippen LogP contribution in [0.15, 0.2) is 30.3 Å². The van der Waals surface area contributed by atoms with Gasteiger partial charge in [0.15, 0.2) is 17.5 Å². The van der Waals surface area contributed by atoms with Crippen LogP contribution in [0.2, 0.25) is 0 Å². The van der Waals surface area contributed by atoms with Crippen molar-refractivity contribution in [1.29, 1.82) is 0 Å². The van der Waals surface area contributed by atoms with Crippen LogP contribution >= 0.6 is 11.3 Å². The highest BCUT2D eigenvalue weighted by molar-refractivity contribution is 7.15. The maximum atomic E-state index is 14.6. The normalized spacial score (nSPS) is 15.8. The summed E-state index contributed by atoms with van der Waals surface area (Å²) in [6.07, 6.45) is -0.690. The second kappa shape index (κ2) is 8.42. The molecule has 1 atom stereocenters. The van der Waals surface area contributed by atoms with Crippen molar-refractivity contribution in [3.05, 3.63) is 75.4 Å². The fourth-order valence-electron chi connectivity index (χ4n) is 4.00. The molecule has 2 aromatic carbocycles. The number of rotatable bonds is 6. The Morgan fingerprint density at radius 1 is 0.906 bits per heavy atom. The molecule has 4 rings (SSSR count). The molecule has 1 unspecified atom stereocenters. The first-order valence-corrected chi connectivity index (χ1v) is 10.7. The highest BCUT2D eigenvalue weighted by Gasteiger charge is 2.41. The molecule has 1 aliphatic carbocycles. The summed E-state index contributed by atoms with van der Waals surface area (Å²) >= 11 is 1.37. The summed E-state index contributed by atoms with van der Waals surface area (Å²) < 4.78 is 102. The van der Waals surface area contributed by atoms with Crippen LogP contribution in [0.1, 0.15) is 35.8 Å². The Morgan fingerprint density at radius 3 is 2.09 bits per heavy atom. The molecule has 0 bridgehead atoms. The van der Waals surface area contributed by atoms with Crippen molar-refractivity contribution in [3.63, 3.8) is 0 Å². The van der Waals surface area contributed by atoms with E-state index in [2.05, 4.69) is 11.7 Å². The van der Waals surface area contributed by atoms with Crippen LogP contribution in [0.4, 0.5) is 30.7 Å². The fraction of sp³-hybridized carbons (Fsp3) is 0.304. The predicted molar refractivity (Wildman–Crippen MR) is 106 cm³/mol. The Bertz CT molecular complexity index is 1100. The third kappa shape index (κ3) is 4.22. The Morgan fingerprint density at radius 2 is 1.53 bits per heavy atom. The average Bonchev–Trinajstić information content (AvgIpc) is 3.24. The number of hydrogen-bond donors (Lipinski definition) is 0. The first-order valence-electron chi connectivity index (χ1n) is 9.92. The van der Waals surface area contributed by atoms with Crippen LogP contribution in [0.3, 0.4) is 0 Å². The van der Waals surface area contributed by atoms with E-state index < -0.39 is 46.5 Å². The van der Waals surface area contributed by atoms with Gasteiger partial charge in [0.2, 0.25) is 0 Å². The highest BCUT2D eigenvalue weighted by atomic mass is 32.1. The van der Waals surface area contributed by atoms with E-state index in [0.717, 1.165) is 48.3 Å². The largest absolute Gasteiger partial charge is 0.432 e. The van der Waals surface area contributed by atoms with E-state index >= 15 is 0 Å². The molecular weight excluding hydrogens is 457 g/mol. The maximum absolute atomic E-state index is 14.6. The quantitative estimate of drug-likeness (QED) is 0.262. The second-order valence-corrected chi connectivity index (χ2v) is 8.89. The highest BCUT2D eigenvalue weighted by Crippen LogP contribution is 2.42. The summed E-state index contributed by atoms with van der Waals surface area (Å²) in [5, 5.41) is 0. The van der Waals surface area contributed by atoms with Gasteiger partial charge in [-0.25, -0.2) is 22.0 Å². The molecular formula is C23H17F7OS. The second-order valence-electron chi connectivity index (χ2n) is 7.76. The van der Waals surface area contributed by atoms with Gasteiger partial charge < -0.3 is 4.74 Å². The van der Waals surface area contributed by atoms with Gasteiger partial charge in [-0.3, -0.25) is 0 Å². The van der Waals surface area contributed by atoms with Crippen molar-refractivity contribution in [2.45, 2.75) is 38.7 Å². The molecule has 170 valence electrons. The van der Waals surface area contributed by atoms with Crippen molar-refractivity contribution in [1.82, 2.24) is 0 Å². The molecule has 1 aromatic heterocycles. The first-order chi connectivity index (χ1) is 15.1. The summed E-state index contributed by atoms with van der Waals surface area (Å²) in [5.41, 5.74) is -0.509. The zero-order valence-corrected chi connectivity index (χ0v) is 17.6. The van der Waals surface area contributed by atoms with Crippen molar-refractivity contribution in [3.8, 4) is 16.2 Å². The van der Waals surface area contributed by atoms with E-state index in [9.17, 15) is 30.7 Å². The van der Waals surface area contributed by atoms with E-state index in [0.29, 0.717) is 10.8 Å². The Kier molecular flexibility index (Phi) is 5.96. The molecule has 32 heavy (non-hydrogen) atoms. The molecule has 0 spiro atoms. The van der Waals surface area contributed by atoms with Gasteiger partial charge in [0.05, 0.1) is 0 Å². The number of hydrogen-bond acceptors (Lipinski definition) is 2. The molecule has 0 fully saturated rings. The SMILES string of the molecule is CCCC1Cc2cc(-c3cc(F)c(C(F)(F)Oc4cc(F)c(F)c(F)c4)c(F)c3)sc2C1. The maximum Gasteiger partial charge on any atom is 0.432 e. The van der Waals surface area contributed by atoms with Crippen molar-refractivity contribution in [2.75, 3.05) is 0 Å². The van der Waals surface area contributed by atoms with Gasteiger partial charge in [-0.15, -0.1) is 11.3 Å². The van der Waals surface area contributed by atoms with E-state index in [4.69, 9.17) is 0 Å². The van der Waals surface area contributed by atoms with Crippen molar-refractivity contribution >= 4 is 11.3 Å². The van der Waals surface area contributed by atoms with Gasteiger partial charge in [0.1, 0.15) is 22.9 Å². The molecule has 0 saturated heterocycles. The lowest BCUT2D eigenvalue weighted by Crippen LogP contribution is -2.25. The predicted octanol–water partition coefficient (Wildman–Crippen LogP) is 7.75. The molecule has 1 heterocycles. The molecule has 3 aromatic rings. The van der Waals surface area contributed by atoms with Gasteiger partial charge >= 0.3 is 6.11 Å². The number of benzene rings is 2. The minimum absolute atomic E-state index is 0.102. The number of alkyl halides is 2. The van der Waals surface area contributed by atoms with Gasteiger partial charge in [-0.05, 0) is 48.1 Å². The summed E-state index contributed by atoms with van der Waals surface area (Å²) in [5.74, 6) is -9.17. The van der Waals surface area contributed by atoms with Gasteiger partial charge in [0, 0.05) is 21.9 Å². The Labute approximate surface area is 183 Å². The Hall–Kier alpha value is -2.55. The molecule has 0 aliphatic heterocycles. The van der Waals surface area contributed by atoms with Crippen LogP contribution in [0.5, 0.6) is 5.75 Å². The van der Waals surface area contributed by atoms with Gasteiger partial charge in [-0.2, -0.15) is 8.78 Å². The minimum atomic E-state index is -4.60. The van der Waals surface area contributed by atoms with Crippen molar-refractivity contribution < 1.29 is 35.5 Å². The minimum Gasteiger partial charge on any atom is -0.429 e. The molecule has 0 saturated carbocycles. The lowest BCUT2D eigenvalue weighted by molar-refractivity contribution is -0.189. The van der Waals surface area contributed by atoms with Crippen LogP contribution in [-0.4, -0.2) is 0 Å². The van der Waals surface area contributed by atoms with Crippen LogP contribution in [-0.2, 0) is 19.0 Å². The first kappa shape index (κ1) is 22.6. The summed E-state index contributed by atoms with van der Waals surface area (Å²) in [6, 6.07) is 3.69. The lowest BCUT2D eigenvalue weighted by atomic mass is 10.0. The standard InChI is InChI=1S/C23H17F7OS/c1-2-3-11-4-12-8-20(32-19(12)5-11)13-6-15(24)21(16(25)7-13)23(29,30)31-14-9-17(26)22(28)18(27)10-14/h6-11H,2-5H2,1H3. The monoisotopic (exact) mass is 474 g/mol. The lowest BCUT2D eigenvalue weighted by Gasteiger charge is -2.20. The summed E-state index contributed by atoms with van der Waals surface area (Å²) in [4.78, 5) is 1.68. The van der Waals surface area contributed by atoms with E-state index in [1.165, 1.54) is 11.3 Å². The third-order valence-electron chi connectivity index (χ3n) is 5.40.